The maximum absolute atomic E-state index is 13.0. The fourth-order valence-corrected chi connectivity index (χ4v) is 3.26. The van der Waals surface area contributed by atoms with E-state index in [0.717, 1.165) is 24.3 Å². The van der Waals surface area contributed by atoms with Crippen molar-refractivity contribution >= 4 is 17.3 Å². The van der Waals surface area contributed by atoms with Gasteiger partial charge in [0.15, 0.2) is 11.4 Å². The van der Waals surface area contributed by atoms with E-state index in [1.807, 2.05) is 31.2 Å². The van der Waals surface area contributed by atoms with Crippen LogP contribution in [0.3, 0.4) is 0 Å². The van der Waals surface area contributed by atoms with Crippen LogP contribution in [0, 0.1) is 6.92 Å². The number of rotatable bonds is 7. The SMILES string of the molecule is CCN(CC)c1ccc(NC(=O)c2nn(-c3ccccc3)c(=O)cc2OC)c(C)c1. The van der Waals surface area contributed by atoms with Crippen molar-refractivity contribution in [3.63, 3.8) is 0 Å². The maximum atomic E-state index is 13.0. The van der Waals surface area contributed by atoms with E-state index in [0.29, 0.717) is 11.4 Å². The number of nitrogens with one attached hydrogen (secondary N) is 1. The summed E-state index contributed by atoms with van der Waals surface area (Å²) >= 11 is 0. The van der Waals surface area contributed by atoms with Crippen molar-refractivity contribution in [2.24, 2.45) is 0 Å². The number of amides is 1. The Hall–Kier alpha value is -3.61. The zero-order valence-corrected chi connectivity index (χ0v) is 17.7. The summed E-state index contributed by atoms with van der Waals surface area (Å²) in [4.78, 5) is 27.7. The molecule has 1 amide bonds. The van der Waals surface area contributed by atoms with Crippen LogP contribution in [0.15, 0.2) is 59.4 Å². The first-order valence-corrected chi connectivity index (χ1v) is 9.89. The van der Waals surface area contributed by atoms with Gasteiger partial charge in [0.05, 0.1) is 18.9 Å². The van der Waals surface area contributed by atoms with Crippen LogP contribution < -0.4 is 20.5 Å². The molecule has 1 heterocycles. The van der Waals surface area contributed by atoms with E-state index in [1.165, 1.54) is 17.9 Å². The fraction of sp³-hybridized carbons (Fsp3) is 0.261. The molecule has 3 rings (SSSR count). The van der Waals surface area contributed by atoms with Crippen LogP contribution in [0.25, 0.3) is 5.69 Å². The normalized spacial score (nSPS) is 10.5. The molecule has 0 saturated heterocycles. The summed E-state index contributed by atoms with van der Waals surface area (Å²) in [6, 6.07) is 16.1. The molecule has 1 aromatic heterocycles. The van der Waals surface area contributed by atoms with Gasteiger partial charge in [-0.25, -0.2) is 0 Å². The van der Waals surface area contributed by atoms with E-state index in [4.69, 9.17) is 4.74 Å². The predicted octanol–water partition coefficient (Wildman–Crippen LogP) is 3.65. The van der Waals surface area contributed by atoms with Gasteiger partial charge in [-0.05, 0) is 56.7 Å². The highest BCUT2D eigenvalue weighted by Gasteiger charge is 2.19. The summed E-state index contributed by atoms with van der Waals surface area (Å²) in [7, 11) is 1.41. The Balaban J connectivity index is 1.94. The number of aromatic nitrogens is 2. The smallest absolute Gasteiger partial charge is 0.280 e. The molecule has 30 heavy (non-hydrogen) atoms. The van der Waals surface area contributed by atoms with E-state index in [9.17, 15) is 9.59 Å². The van der Waals surface area contributed by atoms with Crippen LogP contribution in [-0.2, 0) is 0 Å². The topological polar surface area (TPSA) is 76.5 Å². The molecule has 7 heteroatoms. The lowest BCUT2D eigenvalue weighted by Crippen LogP contribution is -2.26. The summed E-state index contributed by atoms with van der Waals surface area (Å²) < 4.78 is 6.43. The Morgan fingerprint density at radius 3 is 2.40 bits per heavy atom. The van der Waals surface area contributed by atoms with Gasteiger partial charge in [0.1, 0.15) is 0 Å². The molecule has 0 fully saturated rings. The molecule has 156 valence electrons. The van der Waals surface area contributed by atoms with Gasteiger partial charge in [-0.3, -0.25) is 9.59 Å². The van der Waals surface area contributed by atoms with Gasteiger partial charge in [0.25, 0.3) is 11.5 Å². The van der Waals surface area contributed by atoms with Gasteiger partial charge in [-0.15, -0.1) is 0 Å². The second kappa shape index (κ2) is 9.26. The third kappa shape index (κ3) is 4.35. The van der Waals surface area contributed by atoms with Crippen molar-refractivity contribution in [1.82, 2.24) is 9.78 Å². The minimum Gasteiger partial charge on any atom is -0.494 e. The Kier molecular flexibility index (Phi) is 6.51. The molecule has 0 bridgehead atoms. The number of nitrogens with zero attached hydrogens (tertiary/aromatic N) is 3. The van der Waals surface area contributed by atoms with Crippen molar-refractivity contribution in [2.75, 3.05) is 30.4 Å². The number of methoxy groups -OCH3 is 1. The summed E-state index contributed by atoms with van der Waals surface area (Å²) in [5.74, 6) is -0.322. The fourth-order valence-electron chi connectivity index (χ4n) is 3.26. The number of hydrogen-bond acceptors (Lipinski definition) is 5. The molecule has 2 aromatic carbocycles. The maximum Gasteiger partial charge on any atom is 0.280 e. The summed E-state index contributed by atoms with van der Waals surface area (Å²) in [5.41, 5.74) is 2.94. The molecule has 0 saturated carbocycles. The highest BCUT2D eigenvalue weighted by molar-refractivity contribution is 6.05. The lowest BCUT2D eigenvalue weighted by atomic mass is 10.1. The number of para-hydroxylation sites is 1. The highest BCUT2D eigenvalue weighted by atomic mass is 16.5. The van der Waals surface area contributed by atoms with Gasteiger partial charge in [0, 0.05) is 24.5 Å². The standard InChI is InChI=1S/C23H26N4O3/c1-5-26(6-2)18-12-13-19(16(3)14-18)24-23(29)22-20(30-4)15-21(28)27(25-22)17-10-8-7-9-11-17/h7-15H,5-6H2,1-4H3,(H,24,29). The number of benzene rings is 2. The Bertz CT molecular complexity index is 1090. The molecule has 7 nitrogen and oxygen atoms in total. The Morgan fingerprint density at radius 2 is 1.80 bits per heavy atom. The Morgan fingerprint density at radius 1 is 1.10 bits per heavy atom. The van der Waals surface area contributed by atoms with Gasteiger partial charge in [-0.2, -0.15) is 9.78 Å². The van der Waals surface area contributed by atoms with Crippen LogP contribution in [0.2, 0.25) is 0 Å². The number of ether oxygens (including phenoxy) is 1. The van der Waals surface area contributed by atoms with E-state index < -0.39 is 5.91 Å². The monoisotopic (exact) mass is 406 g/mol. The quantitative estimate of drug-likeness (QED) is 0.648. The zero-order chi connectivity index (χ0) is 21.7. The second-order valence-corrected chi connectivity index (χ2v) is 6.77. The van der Waals surface area contributed by atoms with Crippen LogP contribution in [-0.4, -0.2) is 35.9 Å². The number of aryl methyl sites for hydroxylation is 1. The first-order valence-electron chi connectivity index (χ1n) is 9.89. The van der Waals surface area contributed by atoms with Crippen molar-refractivity contribution < 1.29 is 9.53 Å². The van der Waals surface area contributed by atoms with Gasteiger partial charge in [-0.1, -0.05) is 18.2 Å². The second-order valence-electron chi connectivity index (χ2n) is 6.77. The van der Waals surface area contributed by atoms with Crippen molar-refractivity contribution in [3.05, 3.63) is 76.2 Å². The number of hydrogen-bond donors (Lipinski definition) is 1. The van der Waals surface area contributed by atoms with Crippen LogP contribution in [0.4, 0.5) is 11.4 Å². The zero-order valence-electron chi connectivity index (χ0n) is 17.7. The number of carbonyl (C=O) groups is 1. The van der Waals surface area contributed by atoms with E-state index in [1.54, 1.807) is 24.3 Å². The van der Waals surface area contributed by atoms with Crippen molar-refractivity contribution in [1.29, 1.82) is 0 Å². The summed E-state index contributed by atoms with van der Waals surface area (Å²) in [5, 5.41) is 7.16. The summed E-state index contributed by atoms with van der Waals surface area (Å²) in [6.45, 7) is 7.97. The number of anilines is 2. The van der Waals surface area contributed by atoms with E-state index in [-0.39, 0.29) is 17.0 Å². The first-order chi connectivity index (χ1) is 14.5. The third-order valence-corrected chi connectivity index (χ3v) is 4.92. The minimum atomic E-state index is -0.449. The molecule has 1 N–H and O–H groups in total. The highest BCUT2D eigenvalue weighted by Crippen LogP contribution is 2.24. The molecular weight excluding hydrogens is 380 g/mol. The van der Waals surface area contributed by atoms with Crippen LogP contribution in [0.5, 0.6) is 5.75 Å². The molecular formula is C23H26N4O3. The summed E-state index contributed by atoms with van der Waals surface area (Å²) in [6.07, 6.45) is 0. The molecule has 0 aliphatic heterocycles. The lowest BCUT2D eigenvalue weighted by molar-refractivity contribution is 0.101. The molecule has 0 aliphatic rings. The van der Waals surface area contributed by atoms with Gasteiger partial charge >= 0.3 is 0 Å². The minimum absolute atomic E-state index is 0.0353. The lowest BCUT2D eigenvalue weighted by Gasteiger charge is -2.22. The largest absolute Gasteiger partial charge is 0.494 e. The van der Waals surface area contributed by atoms with Gasteiger partial charge < -0.3 is 15.0 Å². The molecule has 0 radical (unpaired) electrons. The van der Waals surface area contributed by atoms with Crippen molar-refractivity contribution in [3.8, 4) is 11.4 Å². The number of carbonyl (C=O) groups excluding carboxylic acids is 1. The molecule has 0 aliphatic carbocycles. The molecule has 3 aromatic rings. The van der Waals surface area contributed by atoms with Crippen LogP contribution in [0.1, 0.15) is 29.9 Å². The Labute approximate surface area is 175 Å². The van der Waals surface area contributed by atoms with Crippen LogP contribution >= 0.6 is 0 Å². The molecule has 0 spiro atoms. The van der Waals surface area contributed by atoms with Crippen molar-refractivity contribution in [2.45, 2.75) is 20.8 Å². The third-order valence-electron chi connectivity index (χ3n) is 4.92. The first kappa shape index (κ1) is 21.1. The van der Waals surface area contributed by atoms with Gasteiger partial charge in [0.2, 0.25) is 0 Å². The molecule has 0 unspecified atom stereocenters. The average Bonchev–Trinajstić information content (AvgIpc) is 2.76. The van der Waals surface area contributed by atoms with E-state index in [2.05, 4.69) is 29.2 Å². The molecule has 0 atom stereocenters. The predicted molar refractivity (Wildman–Crippen MR) is 119 cm³/mol. The van der Waals surface area contributed by atoms with E-state index >= 15 is 0 Å². The average molecular weight is 406 g/mol.